The summed E-state index contributed by atoms with van der Waals surface area (Å²) in [6, 6.07) is 3.74. The fourth-order valence-electron chi connectivity index (χ4n) is 0.654. The van der Waals surface area contributed by atoms with E-state index in [1.54, 1.807) is 6.34 Å². The molecule has 0 N–H and O–H groups in total. The lowest BCUT2D eigenvalue weighted by atomic mass is 10.5. The molecule has 1 aromatic rings. The molecule has 0 aliphatic heterocycles. The average Bonchev–Trinajstić information content (AvgIpc) is 2.07. The lowest BCUT2D eigenvalue weighted by Crippen LogP contribution is -2.07. The Morgan fingerprint density at radius 3 is 2.62 bits per heavy atom. The lowest BCUT2D eigenvalue weighted by molar-refractivity contribution is 0.643. The van der Waals surface area contributed by atoms with Crippen LogP contribution in [-0.4, -0.2) is 30.3 Å². The molecule has 1 heterocycles. The first kappa shape index (κ1) is 10.7. The van der Waals surface area contributed by atoms with Gasteiger partial charge in [-0.2, -0.15) is 0 Å². The van der Waals surface area contributed by atoms with E-state index < -0.39 is 0 Å². The highest BCUT2D eigenvalue weighted by Gasteiger charge is 1.97. The van der Waals surface area contributed by atoms with Gasteiger partial charge in [0.1, 0.15) is 4.60 Å². The van der Waals surface area contributed by atoms with Crippen molar-refractivity contribution in [1.29, 1.82) is 0 Å². The van der Waals surface area contributed by atoms with Crippen molar-refractivity contribution in [2.75, 3.05) is 14.1 Å². The molecule has 1 rings (SSSR count). The summed E-state index contributed by atoms with van der Waals surface area (Å²) >= 11 is 6.65. The van der Waals surface area contributed by atoms with Gasteiger partial charge in [0.05, 0.1) is 10.8 Å². The van der Waals surface area contributed by atoms with Crippen LogP contribution >= 0.6 is 31.9 Å². The number of aromatic nitrogens is 1. The van der Waals surface area contributed by atoms with Crippen LogP contribution in [0.3, 0.4) is 0 Å². The number of hydrogen-bond acceptors (Lipinski definition) is 2. The third-order valence-corrected chi connectivity index (χ3v) is 2.99. The van der Waals surface area contributed by atoms with Gasteiger partial charge in [-0.05, 0) is 44.0 Å². The van der Waals surface area contributed by atoms with Crippen LogP contribution in [0, 0.1) is 0 Å². The maximum Gasteiger partial charge on any atom is 0.154 e. The van der Waals surface area contributed by atoms with Crippen LogP contribution in [0.15, 0.2) is 26.2 Å². The third-order valence-electron chi connectivity index (χ3n) is 1.21. The molecule has 0 atom stereocenters. The summed E-state index contributed by atoms with van der Waals surface area (Å²) in [5, 5.41) is 0. The maximum atomic E-state index is 4.19. The molecule has 0 unspecified atom stereocenters. The SMILES string of the molecule is CN(C)/C=N\c1ccc(Br)c(Br)n1. The van der Waals surface area contributed by atoms with Gasteiger partial charge in [-0.25, -0.2) is 9.98 Å². The Balaban J connectivity index is 2.85. The summed E-state index contributed by atoms with van der Waals surface area (Å²) in [7, 11) is 3.83. The van der Waals surface area contributed by atoms with E-state index in [-0.39, 0.29) is 0 Å². The molecular formula is C8H9Br2N3. The van der Waals surface area contributed by atoms with Crippen LogP contribution in [0.2, 0.25) is 0 Å². The van der Waals surface area contributed by atoms with Crippen molar-refractivity contribution in [3.8, 4) is 0 Å². The second-order valence-electron chi connectivity index (χ2n) is 2.65. The molecule has 0 aliphatic rings. The van der Waals surface area contributed by atoms with E-state index in [1.807, 2.05) is 31.1 Å². The minimum absolute atomic E-state index is 0.684. The van der Waals surface area contributed by atoms with Gasteiger partial charge in [0.15, 0.2) is 5.82 Å². The summed E-state index contributed by atoms with van der Waals surface area (Å²) in [6.07, 6.45) is 1.71. The summed E-state index contributed by atoms with van der Waals surface area (Å²) in [4.78, 5) is 10.2. The van der Waals surface area contributed by atoms with Crippen LogP contribution in [0.4, 0.5) is 5.82 Å². The fraction of sp³-hybridized carbons (Fsp3) is 0.250. The summed E-state index contributed by atoms with van der Waals surface area (Å²) in [5.74, 6) is 0.684. The highest BCUT2D eigenvalue weighted by Crippen LogP contribution is 2.23. The number of nitrogens with zero attached hydrogens (tertiary/aromatic N) is 3. The topological polar surface area (TPSA) is 28.5 Å². The van der Waals surface area contributed by atoms with E-state index in [1.165, 1.54) is 0 Å². The predicted molar refractivity (Wildman–Crippen MR) is 61.5 cm³/mol. The van der Waals surface area contributed by atoms with Crippen LogP contribution < -0.4 is 0 Å². The zero-order valence-corrected chi connectivity index (χ0v) is 10.5. The van der Waals surface area contributed by atoms with Crippen molar-refractivity contribution in [3.63, 3.8) is 0 Å². The van der Waals surface area contributed by atoms with Gasteiger partial charge in [0, 0.05) is 14.1 Å². The van der Waals surface area contributed by atoms with Crippen molar-refractivity contribution in [1.82, 2.24) is 9.88 Å². The van der Waals surface area contributed by atoms with E-state index >= 15 is 0 Å². The van der Waals surface area contributed by atoms with Crippen LogP contribution in [0.5, 0.6) is 0 Å². The molecular weight excluding hydrogens is 298 g/mol. The standard InChI is InChI=1S/C8H9Br2N3/c1-13(2)5-11-7-4-3-6(9)8(10)12-7/h3-5H,1-2H3/b11-5-. The smallest absolute Gasteiger partial charge is 0.154 e. The molecule has 0 spiro atoms. The molecule has 13 heavy (non-hydrogen) atoms. The third kappa shape index (κ3) is 3.44. The first-order valence-electron chi connectivity index (χ1n) is 3.62. The van der Waals surface area contributed by atoms with Crippen LogP contribution in [0.1, 0.15) is 0 Å². The quantitative estimate of drug-likeness (QED) is 0.477. The van der Waals surface area contributed by atoms with Gasteiger partial charge in [-0.3, -0.25) is 0 Å². The van der Waals surface area contributed by atoms with Crippen molar-refractivity contribution in [2.45, 2.75) is 0 Å². The predicted octanol–water partition coefficient (Wildman–Crippen LogP) is 2.83. The fourth-order valence-corrected chi connectivity index (χ4v) is 1.19. The van der Waals surface area contributed by atoms with E-state index in [0.717, 1.165) is 9.08 Å². The minimum Gasteiger partial charge on any atom is -0.369 e. The average molecular weight is 307 g/mol. The Bertz CT molecular complexity index is 323. The molecule has 0 saturated carbocycles. The Morgan fingerprint density at radius 1 is 1.38 bits per heavy atom. The van der Waals surface area contributed by atoms with Gasteiger partial charge in [0.25, 0.3) is 0 Å². The summed E-state index contributed by atoms with van der Waals surface area (Å²) in [6.45, 7) is 0. The van der Waals surface area contributed by atoms with E-state index in [0.29, 0.717) is 5.82 Å². The van der Waals surface area contributed by atoms with Crippen LogP contribution in [0.25, 0.3) is 0 Å². The van der Waals surface area contributed by atoms with Crippen molar-refractivity contribution < 1.29 is 0 Å². The maximum absolute atomic E-state index is 4.19. The first-order chi connectivity index (χ1) is 6.09. The first-order valence-corrected chi connectivity index (χ1v) is 5.21. The highest BCUT2D eigenvalue weighted by molar-refractivity contribution is 9.13. The van der Waals surface area contributed by atoms with Crippen molar-refractivity contribution in [3.05, 3.63) is 21.2 Å². The second kappa shape index (κ2) is 4.72. The number of aliphatic imine (C=N–C) groups is 1. The lowest BCUT2D eigenvalue weighted by Gasteiger charge is -2.02. The number of rotatable bonds is 2. The van der Waals surface area contributed by atoms with E-state index in [2.05, 4.69) is 41.8 Å². The van der Waals surface area contributed by atoms with Gasteiger partial charge >= 0.3 is 0 Å². The Labute approximate surface area is 94.1 Å². The molecule has 70 valence electrons. The molecule has 0 amide bonds. The second-order valence-corrected chi connectivity index (χ2v) is 4.26. The minimum atomic E-state index is 0.684. The Kier molecular flexibility index (Phi) is 3.87. The van der Waals surface area contributed by atoms with Gasteiger partial charge in [-0.15, -0.1) is 0 Å². The molecule has 0 aliphatic carbocycles. The zero-order valence-electron chi connectivity index (χ0n) is 7.33. The largest absolute Gasteiger partial charge is 0.369 e. The van der Waals surface area contributed by atoms with Crippen molar-refractivity contribution >= 4 is 44.0 Å². The molecule has 1 aromatic heterocycles. The molecule has 0 radical (unpaired) electrons. The molecule has 0 fully saturated rings. The monoisotopic (exact) mass is 305 g/mol. The number of pyridine rings is 1. The Hall–Kier alpha value is -0.420. The number of hydrogen-bond donors (Lipinski definition) is 0. The molecule has 3 nitrogen and oxygen atoms in total. The number of halogens is 2. The normalized spacial score (nSPS) is 10.8. The molecule has 0 aromatic carbocycles. The summed E-state index contributed by atoms with van der Waals surface area (Å²) < 4.78 is 1.69. The molecule has 0 bridgehead atoms. The highest BCUT2D eigenvalue weighted by atomic mass is 79.9. The van der Waals surface area contributed by atoms with Gasteiger partial charge in [0.2, 0.25) is 0 Å². The molecule has 0 saturated heterocycles. The van der Waals surface area contributed by atoms with E-state index in [4.69, 9.17) is 0 Å². The summed E-state index contributed by atoms with van der Waals surface area (Å²) in [5.41, 5.74) is 0. The van der Waals surface area contributed by atoms with E-state index in [9.17, 15) is 0 Å². The van der Waals surface area contributed by atoms with Gasteiger partial charge in [-0.1, -0.05) is 0 Å². The Morgan fingerprint density at radius 2 is 2.08 bits per heavy atom. The zero-order chi connectivity index (χ0) is 9.84. The van der Waals surface area contributed by atoms with Crippen molar-refractivity contribution in [2.24, 2.45) is 4.99 Å². The van der Waals surface area contributed by atoms with Gasteiger partial charge < -0.3 is 4.90 Å². The van der Waals surface area contributed by atoms with Crippen LogP contribution in [-0.2, 0) is 0 Å². The molecule has 5 heteroatoms.